The van der Waals surface area contributed by atoms with Gasteiger partial charge < -0.3 is 14.8 Å². The van der Waals surface area contributed by atoms with E-state index in [2.05, 4.69) is 5.32 Å². The molecule has 38 heavy (non-hydrogen) atoms. The van der Waals surface area contributed by atoms with Crippen molar-refractivity contribution in [2.75, 3.05) is 11.9 Å². The minimum Gasteiger partial charge on any atom is -0.374 e. The van der Waals surface area contributed by atoms with Gasteiger partial charge in [0.25, 0.3) is 10.1 Å². The Kier molecular flexibility index (Phi) is 10.6. The molecule has 9 nitrogen and oxygen atoms in total. The molecule has 0 radical (unpaired) electrons. The lowest BCUT2D eigenvalue weighted by Crippen LogP contribution is -2.52. The molecule has 2 atom stereocenters. The number of ketones is 2. The molecule has 0 saturated heterocycles. The van der Waals surface area contributed by atoms with Gasteiger partial charge in [0.2, 0.25) is 5.91 Å². The molecule has 1 rings (SSSR count). The molecule has 2 unspecified atom stereocenters. The number of carbonyl (C=O) groups excluding carboxylic acids is 3. The fourth-order valence-electron chi connectivity index (χ4n) is 3.94. The molecule has 0 aliphatic carbocycles. The van der Waals surface area contributed by atoms with Gasteiger partial charge in [0.1, 0.15) is 16.8 Å². The van der Waals surface area contributed by atoms with E-state index in [0.29, 0.717) is 0 Å². The van der Waals surface area contributed by atoms with Crippen LogP contribution < -0.4 is 5.32 Å². The predicted molar refractivity (Wildman–Crippen MR) is 147 cm³/mol. The molecule has 0 aliphatic rings. The number of carbonyl (C=O) groups is 3. The third kappa shape index (κ3) is 9.25. The predicted octanol–water partition coefficient (Wildman–Crippen LogP) is 5.09. The van der Waals surface area contributed by atoms with Crippen LogP contribution in [0.3, 0.4) is 0 Å². The van der Waals surface area contributed by atoms with Gasteiger partial charge in [-0.1, -0.05) is 46.8 Å². The van der Waals surface area contributed by atoms with E-state index in [1.807, 2.05) is 20.8 Å². The molecule has 0 aromatic heterocycles. The van der Waals surface area contributed by atoms with Gasteiger partial charge >= 0.3 is 0 Å². The molecule has 0 bridgehead atoms. The van der Waals surface area contributed by atoms with Gasteiger partial charge in [0.15, 0.2) is 5.78 Å². The first-order chi connectivity index (χ1) is 16.9. The van der Waals surface area contributed by atoms with Crippen molar-refractivity contribution in [2.45, 2.75) is 105 Å². The van der Waals surface area contributed by atoms with Gasteiger partial charge in [-0.05, 0) is 53.7 Å². The van der Waals surface area contributed by atoms with Crippen molar-refractivity contribution in [1.29, 1.82) is 0 Å². The molecule has 216 valence electrons. The van der Waals surface area contributed by atoms with Crippen LogP contribution in [0.4, 0.5) is 5.69 Å². The number of Topliss-reactive ketones (excluding diaryl/α,β-unsaturated/α-hetero) is 2. The Hall–Kier alpha value is -2.14. The standard InChI is InChI=1S/C28H45NO8S/c1-18(37-26(5,6)7)23(31)27(8,9)28(10,11)36-17-19(24(32)25(2,3)4)16-22(30)29-20-14-12-13-15-21(20)38(33,34)35/h12-15,18-19H,16-17H2,1-11H3,(H,29,30)(H,33,34,35). The Morgan fingerprint density at radius 1 is 0.921 bits per heavy atom. The second-order valence-corrected chi connectivity index (χ2v) is 14.1. The zero-order valence-electron chi connectivity index (χ0n) is 24.6. The van der Waals surface area contributed by atoms with E-state index in [9.17, 15) is 27.4 Å². The maximum Gasteiger partial charge on any atom is 0.296 e. The molecule has 2 N–H and O–H groups in total. The molecule has 0 heterocycles. The van der Waals surface area contributed by atoms with Gasteiger partial charge in [0.05, 0.1) is 34.8 Å². The summed E-state index contributed by atoms with van der Waals surface area (Å²) in [6.45, 7) is 19.4. The first-order valence-electron chi connectivity index (χ1n) is 12.7. The van der Waals surface area contributed by atoms with Crippen molar-refractivity contribution in [3.8, 4) is 0 Å². The van der Waals surface area contributed by atoms with Gasteiger partial charge in [0, 0.05) is 11.8 Å². The van der Waals surface area contributed by atoms with Gasteiger partial charge in [-0.25, -0.2) is 0 Å². The highest BCUT2D eigenvalue weighted by molar-refractivity contribution is 7.86. The van der Waals surface area contributed by atoms with Crippen LogP contribution in [0.1, 0.15) is 82.6 Å². The Labute approximate surface area is 227 Å². The largest absolute Gasteiger partial charge is 0.374 e. The first kappa shape index (κ1) is 33.9. The number of nitrogens with one attached hydrogen (secondary N) is 1. The van der Waals surface area contributed by atoms with Crippen molar-refractivity contribution >= 4 is 33.3 Å². The second-order valence-electron chi connectivity index (χ2n) is 12.7. The van der Waals surface area contributed by atoms with Crippen LogP contribution >= 0.6 is 0 Å². The summed E-state index contributed by atoms with van der Waals surface area (Å²) in [5, 5.41) is 2.48. The summed E-state index contributed by atoms with van der Waals surface area (Å²) >= 11 is 0. The van der Waals surface area contributed by atoms with Crippen molar-refractivity contribution in [3.63, 3.8) is 0 Å². The topological polar surface area (TPSA) is 136 Å². The maximum absolute atomic E-state index is 13.3. The molecule has 0 aliphatic heterocycles. The maximum atomic E-state index is 13.3. The highest BCUT2D eigenvalue weighted by atomic mass is 32.2. The fraction of sp³-hybridized carbons (Fsp3) is 0.679. The van der Waals surface area contributed by atoms with E-state index in [0.717, 1.165) is 6.07 Å². The summed E-state index contributed by atoms with van der Waals surface area (Å²) in [4.78, 5) is 39.0. The zero-order valence-corrected chi connectivity index (χ0v) is 25.4. The molecule has 0 spiro atoms. The summed E-state index contributed by atoms with van der Waals surface area (Å²) in [7, 11) is -4.57. The molecular weight excluding hydrogens is 510 g/mol. The lowest BCUT2D eigenvalue weighted by atomic mass is 9.72. The average Bonchev–Trinajstić information content (AvgIpc) is 2.73. The Bertz CT molecular complexity index is 1120. The van der Waals surface area contributed by atoms with Gasteiger partial charge in [-0.15, -0.1) is 0 Å². The van der Waals surface area contributed by atoms with E-state index in [-0.39, 0.29) is 30.3 Å². The van der Waals surface area contributed by atoms with Crippen molar-refractivity contribution in [3.05, 3.63) is 24.3 Å². The lowest BCUT2D eigenvalue weighted by Gasteiger charge is -2.43. The normalized spacial score (nSPS) is 15.1. The van der Waals surface area contributed by atoms with Gasteiger partial charge in [-0.3, -0.25) is 18.9 Å². The fourth-order valence-corrected chi connectivity index (χ4v) is 4.59. The monoisotopic (exact) mass is 555 g/mol. The van der Waals surface area contributed by atoms with Crippen molar-refractivity contribution < 1.29 is 36.8 Å². The number of rotatable bonds is 12. The number of benzene rings is 1. The molecule has 0 saturated carbocycles. The molecule has 0 fully saturated rings. The first-order valence-corrected chi connectivity index (χ1v) is 14.1. The number of hydrogen-bond donors (Lipinski definition) is 2. The molecule has 10 heteroatoms. The van der Waals surface area contributed by atoms with Crippen LogP contribution in [-0.2, 0) is 34.0 Å². The summed E-state index contributed by atoms with van der Waals surface area (Å²) in [5.41, 5.74) is -3.41. The van der Waals surface area contributed by atoms with E-state index >= 15 is 0 Å². The smallest absolute Gasteiger partial charge is 0.296 e. The summed E-state index contributed by atoms with van der Waals surface area (Å²) < 4.78 is 44.9. The van der Waals surface area contributed by atoms with E-state index in [4.69, 9.17) is 9.47 Å². The van der Waals surface area contributed by atoms with Crippen LogP contribution in [-0.4, -0.2) is 54.4 Å². The van der Waals surface area contributed by atoms with Crippen LogP contribution in [0.5, 0.6) is 0 Å². The average molecular weight is 556 g/mol. The molecule has 1 aromatic carbocycles. The lowest BCUT2D eigenvalue weighted by molar-refractivity contribution is -0.169. The molecular formula is C28H45NO8S. The Morgan fingerprint density at radius 3 is 1.92 bits per heavy atom. The third-order valence-corrected chi connectivity index (χ3v) is 7.56. The van der Waals surface area contributed by atoms with Crippen molar-refractivity contribution in [1.82, 2.24) is 0 Å². The Morgan fingerprint density at radius 2 is 1.45 bits per heavy atom. The summed E-state index contributed by atoms with van der Waals surface area (Å²) in [6.07, 6.45) is -0.974. The highest BCUT2D eigenvalue weighted by Gasteiger charge is 2.47. The van der Waals surface area contributed by atoms with E-state index < -0.39 is 55.0 Å². The SMILES string of the molecule is CC(OC(C)(C)C)C(=O)C(C)(C)C(C)(C)OCC(CC(=O)Nc1ccccc1S(=O)(=O)O)C(=O)C(C)(C)C. The Balaban J connectivity index is 3.15. The van der Waals surface area contributed by atoms with Crippen molar-refractivity contribution in [2.24, 2.45) is 16.7 Å². The highest BCUT2D eigenvalue weighted by Crippen LogP contribution is 2.38. The number of ether oxygens (including phenoxy) is 2. The number of hydrogen-bond acceptors (Lipinski definition) is 7. The molecule has 1 aromatic rings. The van der Waals surface area contributed by atoms with E-state index in [1.54, 1.807) is 55.4 Å². The second kappa shape index (κ2) is 11.9. The number of amides is 1. The van der Waals surface area contributed by atoms with Crippen LogP contribution in [0.25, 0.3) is 0 Å². The third-order valence-electron chi connectivity index (χ3n) is 6.65. The minimum atomic E-state index is -4.57. The van der Waals surface area contributed by atoms with Crippen LogP contribution in [0.15, 0.2) is 29.2 Å². The summed E-state index contributed by atoms with van der Waals surface area (Å²) in [6, 6.07) is 5.43. The van der Waals surface area contributed by atoms with Crippen LogP contribution in [0.2, 0.25) is 0 Å². The van der Waals surface area contributed by atoms with Gasteiger partial charge in [-0.2, -0.15) is 8.42 Å². The number of anilines is 1. The quantitative estimate of drug-likeness (QED) is 0.341. The van der Waals surface area contributed by atoms with E-state index in [1.165, 1.54) is 18.2 Å². The zero-order chi connectivity index (χ0) is 29.9. The number of para-hydroxylation sites is 1. The molecule has 1 amide bonds. The summed E-state index contributed by atoms with van der Waals surface area (Å²) in [5.74, 6) is -1.87. The van der Waals surface area contributed by atoms with Crippen LogP contribution in [0, 0.1) is 16.7 Å². The minimum absolute atomic E-state index is 0.0947.